The highest BCUT2D eigenvalue weighted by atomic mass is 19.1. The molecule has 6 heteroatoms. The largest absolute Gasteiger partial charge is 0.462 e. The maximum atomic E-state index is 13.0. The molecule has 112 valence electrons. The Morgan fingerprint density at radius 2 is 2.10 bits per heavy atom. The Labute approximate surface area is 122 Å². The summed E-state index contributed by atoms with van der Waals surface area (Å²) in [6.07, 6.45) is 3.03. The minimum Gasteiger partial charge on any atom is -0.462 e. The van der Waals surface area contributed by atoms with Crippen molar-refractivity contribution in [1.82, 2.24) is 9.78 Å². The minimum atomic E-state index is -0.425. The van der Waals surface area contributed by atoms with Crippen LogP contribution in [0.2, 0.25) is 0 Å². The van der Waals surface area contributed by atoms with Crippen LogP contribution in [-0.2, 0) is 4.74 Å². The van der Waals surface area contributed by atoms with Gasteiger partial charge in [0.1, 0.15) is 5.82 Å². The van der Waals surface area contributed by atoms with Gasteiger partial charge in [0.25, 0.3) is 0 Å². The number of aromatic nitrogens is 2. The molecule has 1 aromatic heterocycles. The summed E-state index contributed by atoms with van der Waals surface area (Å²) in [6.45, 7) is 3.88. The first-order chi connectivity index (χ1) is 10.0. The predicted molar refractivity (Wildman–Crippen MR) is 76.4 cm³/mol. The van der Waals surface area contributed by atoms with E-state index in [9.17, 15) is 9.18 Å². The zero-order valence-electron chi connectivity index (χ0n) is 12.0. The number of carbonyl (C=O) groups excluding carboxylic acids is 1. The van der Waals surface area contributed by atoms with E-state index in [2.05, 4.69) is 5.10 Å². The third kappa shape index (κ3) is 3.46. The van der Waals surface area contributed by atoms with E-state index in [1.54, 1.807) is 29.9 Å². The number of rotatable bonds is 5. The van der Waals surface area contributed by atoms with E-state index in [1.165, 1.54) is 18.3 Å². The Bertz CT molecular complexity index is 608. The fraction of sp³-hybridized carbons (Fsp3) is 0.333. The molecule has 2 atom stereocenters. The highest BCUT2D eigenvalue weighted by Crippen LogP contribution is 2.21. The molecule has 0 bridgehead atoms. The molecule has 21 heavy (non-hydrogen) atoms. The first-order valence-corrected chi connectivity index (χ1v) is 6.75. The van der Waals surface area contributed by atoms with Crippen molar-refractivity contribution in [3.05, 3.63) is 53.6 Å². The predicted octanol–water partition coefficient (Wildman–Crippen LogP) is 2.14. The smallest absolute Gasteiger partial charge is 0.341 e. The lowest BCUT2D eigenvalue weighted by atomic mass is 10.0. The van der Waals surface area contributed by atoms with Crippen LogP contribution >= 0.6 is 0 Å². The molecule has 0 saturated carbocycles. The molecule has 1 heterocycles. The van der Waals surface area contributed by atoms with Crippen molar-refractivity contribution in [3.63, 3.8) is 0 Å². The topological polar surface area (TPSA) is 70.1 Å². The van der Waals surface area contributed by atoms with Gasteiger partial charge < -0.3 is 10.5 Å². The summed E-state index contributed by atoms with van der Waals surface area (Å²) in [5, 5.41) is 4.18. The Balaban J connectivity index is 2.31. The molecular formula is C15H18FN3O2. The number of nitrogens with two attached hydrogens (primary N) is 1. The van der Waals surface area contributed by atoms with Crippen LogP contribution < -0.4 is 5.73 Å². The lowest BCUT2D eigenvalue weighted by Crippen LogP contribution is -2.30. The Morgan fingerprint density at radius 3 is 2.67 bits per heavy atom. The van der Waals surface area contributed by atoms with Crippen LogP contribution in [0.1, 0.15) is 35.8 Å². The summed E-state index contributed by atoms with van der Waals surface area (Å²) in [6, 6.07) is 5.53. The van der Waals surface area contributed by atoms with Crippen molar-refractivity contribution >= 4 is 5.97 Å². The molecule has 0 radical (unpaired) electrons. The molecule has 0 saturated heterocycles. The first kappa shape index (κ1) is 15.2. The van der Waals surface area contributed by atoms with E-state index in [-0.39, 0.29) is 17.9 Å². The summed E-state index contributed by atoms with van der Waals surface area (Å²) >= 11 is 0. The highest BCUT2D eigenvalue weighted by Gasteiger charge is 2.21. The van der Waals surface area contributed by atoms with Crippen LogP contribution in [0.25, 0.3) is 0 Å². The Kier molecular flexibility index (Phi) is 4.70. The number of benzene rings is 1. The monoisotopic (exact) mass is 291 g/mol. The van der Waals surface area contributed by atoms with E-state index in [0.717, 1.165) is 5.56 Å². The first-order valence-electron chi connectivity index (χ1n) is 6.75. The van der Waals surface area contributed by atoms with Crippen molar-refractivity contribution in [2.75, 3.05) is 6.61 Å². The zero-order chi connectivity index (χ0) is 15.4. The van der Waals surface area contributed by atoms with Crippen LogP contribution in [-0.4, -0.2) is 28.4 Å². The van der Waals surface area contributed by atoms with Gasteiger partial charge in [0.05, 0.1) is 24.4 Å². The third-order valence-electron chi connectivity index (χ3n) is 3.11. The molecule has 2 unspecified atom stereocenters. The summed E-state index contributed by atoms with van der Waals surface area (Å²) in [5.41, 5.74) is 7.20. The molecule has 2 rings (SSSR count). The maximum Gasteiger partial charge on any atom is 0.341 e. The van der Waals surface area contributed by atoms with Gasteiger partial charge >= 0.3 is 5.97 Å². The molecule has 0 spiro atoms. The van der Waals surface area contributed by atoms with Gasteiger partial charge in [-0.25, -0.2) is 9.18 Å². The minimum absolute atomic E-state index is 0.259. The van der Waals surface area contributed by atoms with E-state index in [1.807, 2.05) is 6.92 Å². The van der Waals surface area contributed by atoms with Crippen LogP contribution in [0, 0.1) is 5.82 Å². The number of hydrogen-bond acceptors (Lipinski definition) is 4. The molecule has 0 fully saturated rings. The second kappa shape index (κ2) is 6.49. The van der Waals surface area contributed by atoms with Crippen molar-refractivity contribution in [2.45, 2.75) is 25.9 Å². The summed E-state index contributed by atoms with van der Waals surface area (Å²) in [5.74, 6) is -0.735. The molecule has 0 aliphatic heterocycles. The van der Waals surface area contributed by atoms with Crippen LogP contribution in [0.4, 0.5) is 4.39 Å². The highest BCUT2D eigenvalue weighted by molar-refractivity contribution is 5.88. The average molecular weight is 291 g/mol. The normalized spacial score (nSPS) is 13.7. The number of esters is 1. The van der Waals surface area contributed by atoms with Crippen molar-refractivity contribution in [3.8, 4) is 0 Å². The third-order valence-corrected chi connectivity index (χ3v) is 3.11. The van der Waals surface area contributed by atoms with Gasteiger partial charge in [-0.05, 0) is 31.5 Å². The van der Waals surface area contributed by atoms with Gasteiger partial charge in [-0.15, -0.1) is 0 Å². The van der Waals surface area contributed by atoms with Gasteiger partial charge in [-0.2, -0.15) is 5.10 Å². The fourth-order valence-electron chi connectivity index (χ4n) is 2.17. The molecule has 1 aromatic carbocycles. The molecule has 5 nitrogen and oxygen atoms in total. The standard InChI is InChI=1S/C15H18FN3O2/c1-3-21-15(20)12-8-18-19(9-12)14(10(2)17)11-4-6-13(16)7-5-11/h4-10,14H,3,17H2,1-2H3. The average Bonchev–Trinajstić information content (AvgIpc) is 2.90. The number of nitrogens with zero attached hydrogens (tertiary/aromatic N) is 2. The molecule has 2 aromatic rings. The van der Waals surface area contributed by atoms with Crippen LogP contribution in [0.5, 0.6) is 0 Å². The number of halogens is 1. The van der Waals surface area contributed by atoms with Crippen molar-refractivity contribution < 1.29 is 13.9 Å². The Morgan fingerprint density at radius 1 is 1.43 bits per heavy atom. The Hall–Kier alpha value is -2.21. The van der Waals surface area contributed by atoms with Crippen molar-refractivity contribution in [2.24, 2.45) is 5.73 Å². The molecule has 0 aliphatic carbocycles. The molecule has 0 amide bonds. The van der Waals surface area contributed by atoms with Gasteiger partial charge in [-0.3, -0.25) is 4.68 Å². The quantitative estimate of drug-likeness (QED) is 0.857. The second-order valence-corrected chi connectivity index (χ2v) is 4.78. The second-order valence-electron chi connectivity index (χ2n) is 4.78. The summed E-state index contributed by atoms with van der Waals surface area (Å²) in [7, 11) is 0. The summed E-state index contributed by atoms with van der Waals surface area (Å²) < 4.78 is 19.6. The van der Waals surface area contributed by atoms with E-state index in [0.29, 0.717) is 12.2 Å². The lowest BCUT2D eigenvalue weighted by molar-refractivity contribution is 0.0526. The fourth-order valence-corrected chi connectivity index (χ4v) is 2.17. The lowest BCUT2D eigenvalue weighted by Gasteiger charge is -2.21. The van der Waals surface area contributed by atoms with Gasteiger partial charge in [0.2, 0.25) is 0 Å². The van der Waals surface area contributed by atoms with Crippen molar-refractivity contribution in [1.29, 1.82) is 0 Å². The molecule has 0 aliphatic rings. The van der Waals surface area contributed by atoms with E-state index in [4.69, 9.17) is 10.5 Å². The van der Waals surface area contributed by atoms with Gasteiger partial charge in [-0.1, -0.05) is 12.1 Å². The number of hydrogen-bond donors (Lipinski definition) is 1. The maximum absolute atomic E-state index is 13.0. The number of ether oxygens (including phenoxy) is 1. The van der Waals surface area contributed by atoms with E-state index < -0.39 is 5.97 Å². The number of carbonyl (C=O) groups is 1. The van der Waals surface area contributed by atoms with Crippen LogP contribution in [0.15, 0.2) is 36.7 Å². The van der Waals surface area contributed by atoms with Gasteiger partial charge in [0, 0.05) is 12.2 Å². The SMILES string of the molecule is CCOC(=O)c1cnn(C(c2ccc(F)cc2)C(C)N)c1. The summed E-state index contributed by atoms with van der Waals surface area (Å²) in [4.78, 5) is 11.7. The van der Waals surface area contributed by atoms with Gasteiger partial charge in [0.15, 0.2) is 0 Å². The van der Waals surface area contributed by atoms with E-state index >= 15 is 0 Å². The van der Waals surface area contributed by atoms with Crippen LogP contribution in [0.3, 0.4) is 0 Å². The zero-order valence-corrected chi connectivity index (χ0v) is 12.0. The molecular weight excluding hydrogens is 273 g/mol. The molecule has 2 N–H and O–H groups in total.